The summed E-state index contributed by atoms with van der Waals surface area (Å²) in [6.07, 6.45) is 3.87. The maximum Gasteiger partial charge on any atom is 0.317 e. The quantitative estimate of drug-likeness (QED) is 0.904. The number of benzene rings is 1. The second-order valence-corrected chi connectivity index (χ2v) is 5.86. The van der Waals surface area contributed by atoms with Crippen LogP contribution in [0.1, 0.15) is 16.7 Å². The molecule has 1 aromatic carbocycles. The molecule has 3 rings (SSSR count). The van der Waals surface area contributed by atoms with Crippen molar-refractivity contribution in [2.45, 2.75) is 19.6 Å². The fourth-order valence-corrected chi connectivity index (χ4v) is 2.72. The van der Waals surface area contributed by atoms with Gasteiger partial charge in [-0.1, -0.05) is 0 Å². The molecule has 6 nitrogen and oxygen atoms in total. The summed E-state index contributed by atoms with van der Waals surface area (Å²) < 4.78 is 24.3. The predicted molar refractivity (Wildman–Crippen MR) is 89.5 cm³/mol. The molecule has 0 unspecified atom stereocenters. The van der Waals surface area contributed by atoms with Crippen molar-refractivity contribution >= 4 is 6.03 Å². The van der Waals surface area contributed by atoms with E-state index in [0.717, 1.165) is 11.1 Å². The van der Waals surface area contributed by atoms with Crippen LogP contribution in [0.2, 0.25) is 0 Å². The number of halogens is 1. The molecule has 0 aliphatic carbocycles. The summed E-state index contributed by atoms with van der Waals surface area (Å²) in [6, 6.07) is 6.40. The molecule has 7 heteroatoms. The highest BCUT2D eigenvalue weighted by atomic mass is 19.1. The van der Waals surface area contributed by atoms with E-state index in [4.69, 9.17) is 9.47 Å². The second-order valence-electron chi connectivity index (χ2n) is 5.86. The Hall–Kier alpha value is -2.67. The average molecular weight is 345 g/mol. The number of pyridine rings is 1. The number of fused-ring (bicyclic) bond motifs is 1. The molecule has 2 amide bonds. The van der Waals surface area contributed by atoms with Gasteiger partial charge in [-0.15, -0.1) is 0 Å². The molecule has 0 atom stereocenters. The lowest BCUT2D eigenvalue weighted by Crippen LogP contribution is -2.37. The molecule has 1 aliphatic heterocycles. The fraction of sp³-hybridized carbons (Fsp3) is 0.333. The molecule has 0 saturated heterocycles. The molecule has 0 saturated carbocycles. The second kappa shape index (κ2) is 7.94. The normalized spacial score (nSPS) is 12.9. The van der Waals surface area contributed by atoms with Crippen LogP contribution in [0.3, 0.4) is 0 Å². The third kappa shape index (κ3) is 4.45. The summed E-state index contributed by atoms with van der Waals surface area (Å²) in [7, 11) is 1.72. The minimum atomic E-state index is -0.330. The predicted octanol–water partition coefficient (Wildman–Crippen LogP) is 2.47. The largest absolute Gasteiger partial charge is 0.467 e. The van der Waals surface area contributed by atoms with E-state index in [1.54, 1.807) is 24.3 Å². The average Bonchev–Trinajstić information content (AvgIpc) is 2.62. The van der Waals surface area contributed by atoms with Gasteiger partial charge in [0.15, 0.2) is 6.79 Å². The van der Waals surface area contributed by atoms with Crippen LogP contribution in [-0.4, -0.2) is 36.3 Å². The summed E-state index contributed by atoms with van der Waals surface area (Å²) in [5, 5.41) is 2.84. The Morgan fingerprint density at radius 1 is 1.36 bits per heavy atom. The Balaban J connectivity index is 1.54. The summed E-state index contributed by atoms with van der Waals surface area (Å²) >= 11 is 0. The summed E-state index contributed by atoms with van der Waals surface area (Å²) in [5.41, 5.74) is 2.43. The van der Waals surface area contributed by atoms with E-state index in [1.807, 2.05) is 12.1 Å². The number of carbonyl (C=O) groups is 1. The minimum absolute atomic E-state index is 0.159. The van der Waals surface area contributed by atoms with E-state index in [2.05, 4.69) is 10.3 Å². The standard InChI is InChI=1S/C18H20FN3O3/c1-22(10-13-2-5-20-6-3-13)18(23)21-7-4-14-8-16(19)9-15-11-24-12-25-17(14)15/h2-3,5-6,8-9H,4,7,10-12H2,1H3,(H,21,23). The number of aromatic nitrogens is 1. The van der Waals surface area contributed by atoms with Crippen LogP contribution >= 0.6 is 0 Å². The molecule has 1 N–H and O–H groups in total. The van der Waals surface area contributed by atoms with Gasteiger partial charge >= 0.3 is 6.03 Å². The molecule has 2 aromatic rings. The van der Waals surface area contributed by atoms with Crippen LogP contribution in [0.15, 0.2) is 36.7 Å². The summed E-state index contributed by atoms with van der Waals surface area (Å²) in [6.45, 7) is 1.37. The molecule has 1 aliphatic rings. The van der Waals surface area contributed by atoms with Gasteiger partial charge < -0.3 is 19.7 Å². The monoisotopic (exact) mass is 345 g/mol. The molecule has 0 fully saturated rings. The van der Waals surface area contributed by atoms with E-state index >= 15 is 0 Å². The lowest BCUT2D eigenvalue weighted by atomic mass is 10.1. The molecule has 0 spiro atoms. The van der Waals surface area contributed by atoms with Gasteiger partial charge in [-0.2, -0.15) is 0 Å². The van der Waals surface area contributed by atoms with E-state index in [1.165, 1.54) is 12.1 Å². The van der Waals surface area contributed by atoms with Crippen LogP contribution in [0.4, 0.5) is 9.18 Å². The van der Waals surface area contributed by atoms with Gasteiger partial charge in [-0.05, 0) is 41.8 Å². The molecular weight excluding hydrogens is 325 g/mol. The molecule has 25 heavy (non-hydrogen) atoms. The first kappa shape index (κ1) is 17.2. The highest BCUT2D eigenvalue weighted by Crippen LogP contribution is 2.29. The minimum Gasteiger partial charge on any atom is -0.467 e. The third-order valence-electron chi connectivity index (χ3n) is 3.94. The zero-order valence-corrected chi connectivity index (χ0v) is 14.0. The highest BCUT2D eigenvalue weighted by molar-refractivity contribution is 5.73. The number of rotatable bonds is 5. The van der Waals surface area contributed by atoms with Gasteiger partial charge in [0, 0.05) is 38.1 Å². The number of hydrogen-bond donors (Lipinski definition) is 1. The first-order valence-corrected chi connectivity index (χ1v) is 8.03. The van der Waals surface area contributed by atoms with Crippen LogP contribution in [0.5, 0.6) is 5.75 Å². The van der Waals surface area contributed by atoms with Crippen LogP contribution < -0.4 is 10.1 Å². The van der Waals surface area contributed by atoms with Gasteiger partial charge in [0.2, 0.25) is 0 Å². The Kier molecular flexibility index (Phi) is 5.45. The summed E-state index contributed by atoms with van der Waals surface area (Å²) in [4.78, 5) is 17.7. The number of ether oxygens (including phenoxy) is 2. The third-order valence-corrected chi connectivity index (χ3v) is 3.94. The molecular formula is C18H20FN3O3. The number of hydrogen-bond acceptors (Lipinski definition) is 4. The van der Waals surface area contributed by atoms with Crippen molar-refractivity contribution in [2.75, 3.05) is 20.4 Å². The van der Waals surface area contributed by atoms with Crippen molar-refractivity contribution in [1.29, 1.82) is 0 Å². The van der Waals surface area contributed by atoms with Crippen LogP contribution in [-0.2, 0) is 24.3 Å². The molecule has 1 aromatic heterocycles. The van der Waals surface area contributed by atoms with Gasteiger partial charge in [0.05, 0.1) is 6.61 Å². The molecule has 0 radical (unpaired) electrons. The van der Waals surface area contributed by atoms with E-state index < -0.39 is 0 Å². The first-order chi connectivity index (χ1) is 12.1. The fourth-order valence-electron chi connectivity index (χ4n) is 2.72. The number of nitrogens with zero attached hydrogens (tertiary/aromatic N) is 2. The van der Waals surface area contributed by atoms with Crippen molar-refractivity contribution in [3.05, 3.63) is 59.2 Å². The van der Waals surface area contributed by atoms with Crippen molar-refractivity contribution in [2.24, 2.45) is 0 Å². The van der Waals surface area contributed by atoms with E-state index in [-0.39, 0.29) is 18.6 Å². The van der Waals surface area contributed by atoms with Crippen molar-refractivity contribution in [1.82, 2.24) is 15.2 Å². The zero-order valence-electron chi connectivity index (χ0n) is 14.0. The summed E-state index contributed by atoms with van der Waals surface area (Å²) in [5.74, 6) is 0.330. The van der Waals surface area contributed by atoms with Crippen molar-refractivity contribution in [3.8, 4) is 5.75 Å². The number of amides is 2. The number of nitrogens with one attached hydrogen (secondary N) is 1. The molecule has 2 heterocycles. The van der Waals surface area contributed by atoms with Crippen LogP contribution in [0.25, 0.3) is 0 Å². The maximum absolute atomic E-state index is 13.7. The highest BCUT2D eigenvalue weighted by Gasteiger charge is 2.17. The Labute approximate surface area is 145 Å². The van der Waals surface area contributed by atoms with E-state index in [9.17, 15) is 9.18 Å². The van der Waals surface area contributed by atoms with Gasteiger partial charge in [0.25, 0.3) is 0 Å². The topological polar surface area (TPSA) is 63.7 Å². The SMILES string of the molecule is CN(Cc1ccncc1)C(=O)NCCc1cc(F)cc2c1OCOC2. The van der Waals surface area contributed by atoms with Gasteiger partial charge in [0.1, 0.15) is 11.6 Å². The number of carbonyl (C=O) groups excluding carboxylic acids is 1. The zero-order chi connectivity index (χ0) is 17.6. The Morgan fingerprint density at radius 2 is 2.16 bits per heavy atom. The van der Waals surface area contributed by atoms with Gasteiger partial charge in [-0.25, -0.2) is 9.18 Å². The van der Waals surface area contributed by atoms with E-state index in [0.29, 0.717) is 37.4 Å². The van der Waals surface area contributed by atoms with Crippen molar-refractivity contribution in [3.63, 3.8) is 0 Å². The first-order valence-electron chi connectivity index (χ1n) is 8.03. The maximum atomic E-state index is 13.7. The molecule has 132 valence electrons. The van der Waals surface area contributed by atoms with Gasteiger partial charge in [-0.3, -0.25) is 4.98 Å². The Morgan fingerprint density at radius 3 is 2.96 bits per heavy atom. The molecule has 0 bridgehead atoms. The van der Waals surface area contributed by atoms with Crippen molar-refractivity contribution < 1.29 is 18.7 Å². The number of urea groups is 1. The van der Waals surface area contributed by atoms with Crippen LogP contribution in [0, 0.1) is 5.82 Å². The lowest BCUT2D eigenvalue weighted by molar-refractivity contribution is -0.0172. The Bertz CT molecular complexity index is 740. The smallest absolute Gasteiger partial charge is 0.317 e. The lowest BCUT2D eigenvalue weighted by Gasteiger charge is -2.21.